The Bertz CT molecular complexity index is 969. The van der Waals surface area contributed by atoms with Gasteiger partial charge in [0.25, 0.3) is 0 Å². The van der Waals surface area contributed by atoms with Crippen LogP contribution in [0.15, 0.2) is 41.5 Å². The number of carbonyl (C=O) groups excluding carboxylic acids is 2. The molecular weight excluding hydrogens is 408 g/mol. The standard InChI is InChI=1S/C19H20N6O2S2/c20-18(27)13-3-6-24(7-4-13)11-16(26)25(17-2-1-8-28-17)15-10-14(22-12-23-15)19-21-5-9-29-19/h1-2,5,8-10,12-13H,3-4,6-7,11H2,(H2,20,27). The van der Waals surface area contributed by atoms with Crippen LogP contribution in [0.2, 0.25) is 0 Å². The summed E-state index contributed by atoms with van der Waals surface area (Å²) in [7, 11) is 0. The van der Waals surface area contributed by atoms with E-state index in [1.54, 1.807) is 17.2 Å². The van der Waals surface area contributed by atoms with Gasteiger partial charge in [0.2, 0.25) is 11.8 Å². The first-order valence-corrected chi connectivity index (χ1v) is 11.0. The van der Waals surface area contributed by atoms with Crippen LogP contribution in [0.3, 0.4) is 0 Å². The quantitative estimate of drug-likeness (QED) is 0.647. The minimum Gasteiger partial charge on any atom is -0.369 e. The van der Waals surface area contributed by atoms with Crippen molar-refractivity contribution in [2.24, 2.45) is 11.7 Å². The summed E-state index contributed by atoms with van der Waals surface area (Å²) in [5, 5.41) is 5.39. The van der Waals surface area contributed by atoms with Gasteiger partial charge in [-0.3, -0.25) is 19.4 Å². The zero-order chi connectivity index (χ0) is 20.2. The van der Waals surface area contributed by atoms with Crippen molar-refractivity contribution >= 4 is 45.3 Å². The molecular formula is C19H20N6O2S2. The lowest BCUT2D eigenvalue weighted by Crippen LogP contribution is -2.44. The van der Waals surface area contributed by atoms with Gasteiger partial charge >= 0.3 is 0 Å². The van der Waals surface area contributed by atoms with E-state index in [1.165, 1.54) is 29.0 Å². The molecule has 0 unspecified atom stereocenters. The molecule has 0 aliphatic carbocycles. The molecule has 1 saturated heterocycles. The van der Waals surface area contributed by atoms with E-state index in [2.05, 4.69) is 19.9 Å². The SMILES string of the molecule is NC(=O)C1CCN(CC(=O)N(c2cc(-c3nccs3)ncn2)c2cccs2)CC1. The van der Waals surface area contributed by atoms with Gasteiger partial charge in [0.1, 0.15) is 27.8 Å². The second-order valence-corrected chi connectivity index (χ2v) is 8.55. The Hall–Kier alpha value is -2.69. The molecule has 150 valence electrons. The third-order valence-corrected chi connectivity index (χ3v) is 6.51. The number of hydrogen-bond acceptors (Lipinski definition) is 8. The third kappa shape index (κ3) is 4.50. The van der Waals surface area contributed by atoms with Crippen LogP contribution in [0, 0.1) is 5.92 Å². The molecule has 1 fully saturated rings. The maximum absolute atomic E-state index is 13.2. The summed E-state index contributed by atoms with van der Waals surface area (Å²) in [5.74, 6) is 0.0859. The maximum atomic E-state index is 13.2. The zero-order valence-corrected chi connectivity index (χ0v) is 17.2. The molecule has 0 bridgehead atoms. The van der Waals surface area contributed by atoms with Crippen molar-refractivity contribution in [3.63, 3.8) is 0 Å². The van der Waals surface area contributed by atoms with Crippen LogP contribution in [0.4, 0.5) is 10.8 Å². The van der Waals surface area contributed by atoms with E-state index < -0.39 is 0 Å². The highest BCUT2D eigenvalue weighted by atomic mass is 32.1. The molecule has 3 aromatic heterocycles. The van der Waals surface area contributed by atoms with Crippen molar-refractivity contribution in [1.29, 1.82) is 0 Å². The topological polar surface area (TPSA) is 105 Å². The predicted molar refractivity (Wildman–Crippen MR) is 113 cm³/mol. The lowest BCUT2D eigenvalue weighted by Gasteiger charge is -2.31. The Morgan fingerprint density at radius 1 is 1.17 bits per heavy atom. The van der Waals surface area contributed by atoms with Gasteiger partial charge in [-0.1, -0.05) is 0 Å². The van der Waals surface area contributed by atoms with Crippen LogP contribution < -0.4 is 10.6 Å². The Morgan fingerprint density at radius 3 is 2.66 bits per heavy atom. The van der Waals surface area contributed by atoms with E-state index in [4.69, 9.17) is 5.73 Å². The van der Waals surface area contributed by atoms with Gasteiger partial charge in [-0.05, 0) is 43.4 Å². The van der Waals surface area contributed by atoms with Gasteiger partial charge in [0, 0.05) is 23.6 Å². The van der Waals surface area contributed by atoms with Crippen LogP contribution in [-0.4, -0.2) is 51.3 Å². The van der Waals surface area contributed by atoms with Gasteiger partial charge in [0.05, 0.1) is 6.54 Å². The number of primary amides is 1. The van der Waals surface area contributed by atoms with Crippen molar-refractivity contribution in [3.05, 3.63) is 41.5 Å². The number of thiophene rings is 1. The van der Waals surface area contributed by atoms with Crippen LogP contribution in [0.25, 0.3) is 10.7 Å². The fraction of sp³-hybridized carbons (Fsp3) is 0.316. The van der Waals surface area contributed by atoms with E-state index >= 15 is 0 Å². The van der Waals surface area contributed by atoms with Crippen LogP contribution in [0.5, 0.6) is 0 Å². The number of hydrogen-bond donors (Lipinski definition) is 1. The maximum Gasteiger partial charge on any atom is 0.247 e. The smallest absolute Gasteiger partial charge is 0.247 e. The molecule has 0 aromatic carbocycles. The lowest BCUT2D eigenvalue weighted by atomic mass is 9.96. The number of nitrogens with zero attached hydrogens (tertiary/aromatic N) is 5. The Morgan fingerprint density at radius 2 is 2.00 bits per heavy atom. The molecule has 10 heteroatoms. The molecule has 3 aromatic rings. The summed E-state index contributed by atoms with van der Waals surface area (Å²) in [4.78, 5) is 41.2. The number of anilines is 2. The van der Waals surface area contributed by atoms with E-state index in [1.807, 2.05) is 22.9 Å². The average Bonchev–Trinajstić information content (AvgIpc) is 3.43. The first-order valence-electron chi connectivity index (χ1n) is 9.22. The van der Waals surface area contributed by atoms with Crippen molar-refractivity contribution in [1.82, 2.24) is 19.9 Å². The molecule has 0 saturated carbocycles. The Labute approximate surface area is 176 Å². The summed E-state index contributed by atoms with van der Waals surface area (Å²) >= 11 is 2.96. The van der Waals surface area contributed by atoms with Crippen LogP contribution in [0.1, 0.15) is 12.8 Å². The van der Waals surface area contributed by atoms with E-state index in [9.17, 15) is 9.59 Å². The average molecular weight is 429 g/mol. The number of carbonyl (C=O) groups is 2. The molecule has 1 aliphatic heterocycles. The third-order valence-electron chi connectivity index (χ3n) is 4.86. The van der Waals surface area contributed by atoms with Crippen molar-refractivity contribution in [3.8, 4) is 10.7 Å². The molecule has 2 amide bonds. The minimum atomic E-state index is -0.258. The number of piperidine rings is 1. The fourth-order valence-corrected chi connectivity index (χ4v) is 4.69. The molecule has 2 N–H and O–H groups in total. The second kappa shape index (κ2) is 8.76. The first kappa shape index (κ1) is 19.6. The predicted octanol–water partition coefficient (Wildman–Crippen LogP) is 2.52. The van der Waals surface area contributed by atoms with E-state index in [0.717, 1.165) is 10.0 Å². The molecule has 4 heterocycles. The zero-order valence-electron chi connectivity index (χ0n) is 15.6. The summed E-state index contributed by atoms with van der Waals surface area (Å²) in [6, 6.07) is 5.59. The molecule has 8 nitrogen and oxygen atoms in total. The number of amides is 2. The molecule has 0 spiro atoms. The minimum absolute atomic E-state index is 0.0752. The van der Waals surface area contributed by atoms with E-state index in [-0.39, 0.29) is 24.3 Å². The largest absolute Gasteiger partial charge is 0.369 e. The number of thiazole rings is 1. The second-order valence-electron chi connectivity index (χ2n) is 6.73. The first-order chi connectivity index (χ1) is 14.1. The van der Waals surface area contributed by atoms with Gasteiger partial charge in [-0.25, -0.2) is 15.0 Å². The summed E-state index contributed by atoms with van der Waals surface area (Å²) in [6.07, 6.45) is 4.55. The van der Waals surface area contributed by atoms with E-state index in [0.29, 0.717) is 37.4 Å². The van der Waals surface area contributed by atoms with Gasteiger partial charge in [0.15, 0.2) is 0 Å². The van der Waals surface area contributed by atoms with Crippen molar-refractivity contribution < 1.29 is 9.59 Å². The number of likely N-dealkylation sites (tertiary alicyclic amines) is 1. The highest BCUT2D eigenvalue weighted by Gasteiger charge is 2.27. The lowest BCUT2D eigenvalue weighted by molar-refractivity contribution is -0.123. The molecule has 29 heavy (non-hydrogen) atoms. The Balaban J connectivity index is 1.55. The molecule has 1 aliphatic rings. The summed E-state index contributed by atoms with van der Waals surface area (Å²) in [6.45, 7) is 1.59. The summed E-state index contributed by atoms with van der Waals surface area (Å²) in [5.41, 5.74) is 6.09. The number of nitrogens with two attached hydrogens (primary N) is 1. The molecule has 0 radical (unpaired) electrons. The van der Waals surface area contributed by atoms with Crippen LogP contribution in [-0.2, 0) is 9.59 Å². The highest BCUT2D eigenvalue weighted by molar-refractivity contribution is 7.14. The van der Waals surface area contributed by atoms with Gasteiger partial charge in [-0.2, -0.15) is 0 Å². The normalized spacial score (nSPS) is 15.3. The van der Waals surface area contributed by atoms with Crippen molar-refractivity contribution in [2.45, 2.75) is 12.8 Å². The van der Waals surface area contributed by atoms with Crippen LogP contribution >= 0.6 is 22.7 Å². The number of rotatable bonds is 6. The molecule has 4 rings (SSSR count). The molecule has 0 atom stereocenters. The fourth-order valence-electron chi connectivity index (χ4n) is 3.33. The highest BCUT2D eigenvalue weighted by Crippen LogP contribution is 2.31. The number of aromatic nitrogens is 3. The summed E-state index contributed by atoms with van der Waals surface area (Å²) < 4.78 is 0. The van der Waals surface area contributed by atoms with Crippen molar-refractivity contribution in [2.75, 3.05) is 24.5 Å². The van der Waals surface area contributed by atoms with Gasteiger partial charge < -0.3 is 5.73 Å². The Kier molecular flexibility index (Phi) is 5.93. The van der Waals surface area contributed by atoms with Gasteiger partial charge in [-0.15, -0.1) is 22.7 Å². The monoisotopic (exact) mass is 428 g/mol.